The molecule has 2 amide bonds. The molecule has 0 aliphatic carbocycles. The topological polar surface area (TPSA) is 84.5 Å². The largest absolute Gasteiger partial charge is 0.454 e. The van der Waals surface area contributed by atoms with Crippen molar-refractivity contribution in [3.63, 3.8) is 0 Å². The highest BCUT2D eigenvalue weighted by atomic mass is 127. The number of hydrogen-bond acceptors (Lipinski definition) is 4. The van der Waals surface area contributed by atoms with Crippen LogP contribution in [0.1, 0.15) is 17.3 Å². The molecular formula is C18H17IN2O4. The number of halogens is 1. The number of esters is 1. The molecule has 2 rings (SSSR count). The van der Waals surface area contributed by atoms with Crippen LogP contribution in [-0.2, 0) is 14.3 Å². The van der Waals surface area contributed by atoms with E-state index >= 15 is 0 Å². The molecule has 7 heteroatoms. The Bertz CT molecular complexity index is 765. The third-order valence-electron chi connectivity index (χ3n) is 3.23. The van der Waals surface area contributed by atoms with Gasteiger partial charge in [0.05, 0.1) is 5.69 Å². The van der Waals surface area contributed by atoms with Crippen molar-refractivity contribution in [2.75, 3.05) is 11.9 Å². The number of benzene rings is 2. The molecule has 130 valence electrons. The number of anilines is 1. The first-order valence-electron chi connectivity index (χ1n) is 7.54. The Morgan fingerprint density at radius 2 is 1.68 bits per heavy atom. The van der Waals surface area contributed by atoms with Gasteiger partial charge in [0.2, 0.25) is 0 Å². The minimum absolute atomic E-state index is 0.381. The number of rotatable bonds is 6. The fourth-order valence-electron chi connectivity index (χ4n) is 1.94. The summed E-state index contributed by atoms with van der Waals surface area (Å²) < 4.78 is 5.82. The number of ether oxygens (including phenoxy) is 1. The lowest BCUT2D eigenvalue weighted by molar-refractivity contribution is -0.148. The average molecular weight is 452 g/mol. The molecule has 0 aliphatic rings. The summed E-state index contributed by atoms with van der Waals surface area (Å²) in [5.74, 6) is -1.51. The van der Waals surface area contributed by atoms with Crippen LogP contribution in [-0.4, -0.2) is 30.4 Å². The van der Waals surface area contributed by atoms with Crippen LogP contribution in [0.5, 0.6) is 0 Å². The Labute approximate surface area is 159 Å². The third kappa shape index (κ3) is 5.86. The summed E-state index contributed by atoms with van der Waals surface area (Å²) in [4.78, 5) is 35.7. The maximum atomic E-state index is 12.0. The Morgan fingerprint density at radius 3 is 2.36 bits per heavy atom. The highest BCUT2D eigenvalue weighted by molar-refractivity contribution is 14.1. The maximum Gasteiger partial charge on any atom is 0.328 e. The summed E-state index contributed by atoms with van der Waals surface area (Å²) in [7, 11) is 0. The summed E-state index contributed by atoms with van der Waals surface area (Å²) in [6.07, 6.45) is 0. The molecule has 0 aliphatic heterocycles. The van der Waals surface area contributed by atoms with Crippen molar-refractivity contribution in [2.45, 2.75) is 13.0 Å². The minimum Gasteiger partial charge on any atom is -0.454 e. The lowest BCUT2D eigenvalue weighted by Gasteiger charge is -2.13. The van der Waals surface area contributed by atoms with Gasteiger partial charge >= 0.3 is 5.97 Å². The Morgan fingerprint density at radius 1 is 1.04 bits per heavy atom. The first-order chi connectivity index (χ1) is 12.0. The zero-order chi connectivity index (χ0) is 18.2. The fourth-order valence-corrected chi connectivity index (χ4v) is 2.46. The number of carbonyl (C=O) groups is 3. The van der Waals surface area contributed by atoms with E-state index in [1.807, 2.05) is 12.1 Å². The molecule has 0 saturated carbocycles. The zero-order valence-corrected chi connectivity index (χ0v) is 15.6. The van der Waals surface area contributed by atoms with E-state index < -0.39 is 24.5 Å². The summed E-state index contributed by atoms with van der Waals surface area (Å²) in [6.45, 7) is 1.08. The fraction of sp³-hybridized carbons (Fsp3) is 0.167. The van der Waals surface area contributed by atoms with Crippen LogP contribution in [0.3, 0.4) is 0 Å². The second-order valence-electron chi connectivity index (χ2n) is 5.20. The number of para-hydroxylation sites is 1. The van der Waals surface area contributed by atoms with Gasteiger partial charge in [0.1, 0.15) is 6.04 Å². The number of amides is 2. The molecule has 1 atom stereocenters. The van der Waals surface area contributed by atoms with Crippen molar-refractivity contribution >= 4 is 46.1 Å². The molecule has 25 heavy (non-hydrogen) atoms. The van der Waals surface area contributed by atoms with Gasteiger partial charge < -0.3 is 15.4 Å². The van der Waals surface area contributed by atoms with Crippen LogP contribution in [0, 0.1) is 3.57 Å². The van der Waals surface area contributed by atoms with Gasteiger partial charge in [-0.05, 0) is 53.8 Å². The Hall–Kier alpha value is -2.42. The van der Waals surface area contributed by atoms with E-state index in [4.69, 9.17) is 4.74 Å². The molecule has 0 heterocycles. The van der Waals surface area contributed by atoms with Crippen molar-refractivity contribution in [1.29, 1.82) is 0 Å². The summed E-state index contributed by atoms with van der Waals surface area (Å²) in [5.41, 5.74) is 1.09. The standard InChI is InChI=1S/C18H17IN2O4/c1-12(20-17(23)13-7-3-2-4-8-13)18(24)25-11-16(22)21-15-10-6-5-9-14(15)19/h2-10,12H,11H2,1H3,(H,20,23)(H,21,22). The van der Waals surface area contributed by atoms with Crippen molar-refractivity contribution in [2.24, 2.45) is 0 Å². The molecule has 0 spiro atoms. The molecule has 6 nitrogen and oxygen atoms in total. The number of nitrogens with one attached hydrogen (secondary N) is 2. The average Bonchev–Trinajstić information content (AvgIpc) is 2.62. The molecule has 2 N–H and O–H groups in total. The Balaban J connectivity index is 1.80. The first kappa shape index (κ1) is 18.9. The second-order valence-corrected chi connectivity index (χ2v) is 6.36. The molecule has 2 aromatic carbocycles. The molecule has 0 radical (unpaired) electrons. The molecule has 0 fully saturated rings. The maximum absolute atomic E-state index is 12.0. The van der Waals surface area contributed by atoms with Crippen LogP contribution >= 0.6 is 22.6 Å². The summed E-state index contributed by atoms with van der Waals surface area (Å²) >= 11 is 2.09. The highest BCUT2D eigenvalue weighted by Crippen LogP contribution is 2.16. The molecule has 0 bridgehead atoms. The van der Waals surface area contributed by atoms with E-state index in [1.165, 1.54) is 6.92 Å². The zero-order valence-electron chi connectivity index (χ0n) is 13.5. The van der Waals surface area contributed by atoms with Gasteiger partial charge in [0, 0.05) is 9.13 Å². The smallest absolute Gasteiger partial charge is 0.328 e. The molecule has 0 aromatic heterocycles. The number of hydrogen-bond donors (Lipinski definition) is 2. The Kier molecular flexibility index (Phi) is 6.93. The van der Waals surface area contributed by atoms with Gasteiger partial charge in [-0.15, -0.1) is 0 Å². The van der Waals surface area contributed by atoms with Gasteiger partial charge in [-0.2, -0.15) is 0 Å². The van der Waals surface area contributed by atoms with Crippen molar-refractivity contribution in [3.8, 4) is 0 Å². The second kappa shape index (κ2) is 9.16. The SMILES string of the molecule is CC(NC(=O)c1ccccc1)C(=O)OCC(=O)Nc1ccccc1I. The van der Waals surface area contributed by atoms with E-state index in [9.17, 15) is 14.4 Å². The third-order valence-corrected chi connectivity index (χ3v) is 4.17. The van der Waals surface area contributed by atoms with Gasteiger partial charge in [0.15, 0.2) is 6.61 Å². The van der Waals surface area contributed by atoms with Crippen LogP contribution < -0.4 is 10.6 Å². The van der Waals surface area contributed by atoms with Crippen molar-refractivity contribution in [3.05, 3.63) is 63.7 Å². The molecule has 0 saturated heterocycles. The van der Waals surface area contributed by atoms with Crippen LogP contribution in [0.2, 0.25) is 0 Å². The lowest BCUT2D eigenvalue weighted by Crippen LogP contribution is -2.40. The van der Waals surface area contributed by atoms with E-state index in [2.05, 4.69) is 33.2 Å². The normalized spacial score (nSPS) is 11.3. The first-order valence-corrected chi connectivity index (χ1v) is 8.62. The van der Waals surface area contributed by atoms with Gasteiger partial charge in [0.25, 0.3) is 11.8 Å². The van der Waals surface area contributed by atoms with Crippen LogP contribution in [0.25, 0.3) is 0 Å². The summed E-state index contributed by atoms with van der Waals surface area (Å²) in [5, 5.41) is 5.19. The van der Waals surface area contributed by atoms with E-state index in [-0.39, 0.29) is 5.91 Å². The van der Waals surface area contributed by atoms with E-state index in [0.29, 0.717) is 11.3 Å². The predicted molar refractivity (Wildman–Crippen MR) is 102 cm³/mol. The molecule has 1 unspecified atom stereocenters. The monoisotopic (exact) mass is 452 g/mol. The predicted octanol–water partition coefficient (Wildman–Crippen LogP) is 2.59. The molecule has 2 aromatic rings. The highest BCUT2D eigenvalue weighted by Gasteiger charge is 2.19. The van der Waals surface area contributed by atoms with Crippen molar-refractivity contribution < 1.29 is 19.1 Å². The minimum atomic E-state index is -0.864. The van der Waals surface area contributed by atoms with Gasteiger partial charge in [-0.25, -0.2) is 4.79 Å². The van der Waals surface area contributed by atoms with Crippen LogP contribution in [0.4, 0.5) is 5.69 Å². The van der Waals surface area contributed by atoms with Crippen molar-refractivity contribution in [1.82, 2.24) is 5.32 Å². The van der Waals surface area contributed by atoms with Gasteiger partial charge in [-0.1, -0.05) is 30.3 Å². The lowest BCUT2D eigenvalue weighted by atomic mass is 10.2. The van der Waals surface area contributed by atoms with E-state index in [1.54, 1.807) is 42.5 Å². The quantitative estimate of drug-likeness (QED) is 0.522. The van der Waals surface area contributed by atoms with Crippen LogP contribution in [0.15, 0.2) is 54.6 Å². The van der Waals surface area contributed by atoms with E-state index in [0.717, 1.165) is 3.57 Å². The van der Waals surface area contributed by atoms with Gasteiger partial charge in [-0.3, -0.25) is 9.59 Å². The number of carbonyl (C=O) groups excluding carboxylic acids is 3. The molecular weight excluding hydrogens is 435 g/mol. The summed E-state index contributed by atoms with van der Waals surface area (Å²) in [6, 6.07) is 14.9.